The van der Waals surface area contributed by atoms with Crippen molar-refractivity contribution in [1.82, 2.24) is 10.2 Å². The van der Waals surface area contributed by atoms with E-state index in [0.717, 1.165) is 25.4 Å². The fourth-order valence-electron chi connectivity index (χ4n) is 2.53. The zero-order chi connectivity index (χ0) is 12.3. The van der Waals surface area contributed by atoms with Gasteiger partial charge in [0, 0.05) is 25.2 Å². The van der Waals surface area contributed by atoms with E-state index in [4.69, 9.17) is 0 Å². The molecule has 1 aromatic carbocycles. The Hall–Kier alpha value is -0.860. The number of benzene rings is 1. The van der Waals surface area contributed by atoms with Crippen LogP contribution < -0.4 is 5.32 Å². The van der Waals surface area contributed by atoms with Crippen molar-refractivity contribution in [2.75, 3.05) is 20.1 Å². The third kappa shape index (κ3) is 3.30. The maximum absolute atomic E-state index is 3.68. The summed E-state index contributed by atoms with van der Waals surface area (Å²) in [5, 5.41) is 3.68. The van der Waals surface area contributed by atoms with Crippen LogP contribution in [0.15, 0.2) is 30.3 Å². The predicted molar refractivity (Wildman–Crippen MR) is 73.2 cm³/mol. The van der Waals surface area contributed by atoms with E-state index in [-0.39, 0.29) is 0 Å². The molecule has 2 nitrogen and oxygen atoms in total. The number of rotatable bonds is 3. The topological polar surface area (TPSA) is 15.3 Å². The number of nitrogens with one attached hydrogen (secondary N) is 1. The molecule has 1 heterocycles. The van der Waals surface area contributed by atoms with E-state index in [9.17, 15) is 0 Å². The molecule has 2 atom stereocenters. The number of nitrogens with zero attached hydrogens (tertiary/aromatic N) is 1. The molecular weight excluding hydrogens is 208 g/mol. The molecule has 1 fully saturated rings. The number of hydrogen-bond donors (Lipinski definition) is 1. The molecule has 1 N–H and O–H groups in total. The summed E-state index contributed by atoms with van der Waals surface area (Å²) in [4.78, 5) is 2.51. The molecule has 0 aliphatic carbocycles. The van der Waals surface area contributed by atoms with Gasteiger partial charge in [-0.2, -0.15) is 0 Å². The molecule has 17 heavy (non-hydrogen) atoms. The molecule has 1 aliphatic heterocycles. The van der Waals surface area contributed by atoms with Gasteiger partial charge in [0.05, 0.1) is 0 Å². The molecule has 1 aromatic rings. The molecule has 0 amide bonds. The quantitative estimate of drug-likeness (QED) is 0.859. The highest BCUT2D eigenvalue weighted by Gasteiger charge is 2.26. The van der Waals surface area contributed by atoms with Crippen molar-refractivity contribution in [3.8, 4) is 0 Å². The van der Waals surface area contributed by atoms with Gasteiger partial charge in [-0.15, -0.1) is 0 Å². The highest BCUT2D eigenvalue weighted by atomic mass is 15.2. The second-order valence-electron chi connectivity index (χ2n) is 5.54. The molecule has 0 bridgehead atoms. The summed E-state index contributed by atoms with van der Waals surface area (Å²) in [5.74, 6) is 0.718. The maximum Gasteiger partial charge on any atom is 0.0258 e. The van der Waals surface area contributed by atoms with Crippen molar-refractivity contribution >= 4 is 0 Å². The van der Waals surface area contributed by atoms with E-state index in [1.54, 1.807) is 0 Å². The Morgan fingerprint density at radius 1 is 1.29 bits per heavy atom. The second kappa shape index (κ2) is 5.65. The molecule has 94 valence electrons. The van der Waals surface area contributed by atoms with Crippen LogP contribution in [0, 0.1) is 5.92 Å². The summed E-state index contributed by atoms with van der Waals surface area (Å²) < 4.78 is 0. The van der Waals surface area contributed by atoms with Crippen LogP contribution in [0.25, 0.3) is 0 Å². The van der Waals surface area contributed by atoms with Crippen LogP contribution in [0.1, 0.15) is 19.4 Å². The monoisotopic (exact) mass is 232 g/mol. The predicted octanol–water partition coefficient (Wildman–Crippen LogP) is 2.16. The maximum atomic E-state index is 3.68. The molecule has 2 rings (SSSR count). The summed E-state index contributed by atoms with van der Waals surface area (Å²) in [6.07, 6.45) is 1.15. The van der Waals surface area contributed by atoms with Gasteiger partial charge in [0.15, 0.2) is 0 Å². The molecule has 2 heteroatoms. The molecule has 0 radical (unpaired) electrons. The molecule has 0 unspecified atom stereocenters. The smallest absolute Gasteiger partial charge is 0.0258 e. The van der Waals surface area contributed by atoms with E-state index in [2.05, 4.69) is 61.4 Å². The first-order valence-electron chi connectivity index (χ1n) is 6.64. The molecule has 1 aliphatic rings. The van der Waals surface area contributed by atoms with Gasteiger partial charge in [-0.1, -0.05) is 44.2 Å². The third-order valence-electron chi connectivity index (χ3n) is 3.84. The molecule has 0 saturated carbocycles. The van der Waals surface area contributed by atoms with Crippen molar-refractivity contribution in [3.63, 3.8) is 0 Å². The summed E-state index contributed by atoms with van der Waals surface area (Å²) in [6, 6.07) is 12.1. The first-order valence-corrected chi connectivity index (χ1v) is 6.64. The van der Waals surface area contributed by atoms with Crippen LogP contribution in [0.5, 0.6) is 0 Å². The molecule has 0 aromatic heterocycles. The average molecular weight is 232 g/mol. The fourth-order valence-corrected chi connectivity index (χ4v) is 2.53. The summed E-state index contributed by atoms with van der Waals surface area (Å²) in [7, 11) is 2.25. The van der Waals surface area contributed by atoms with Gasteiger partial charge in [-0.25, -0.2) is 0 Å². The average Bonchev–Trinajstić information content (AvgIpc) is 2.33. The van der Waals surface area contributed by atoms with Gasteiger partial charge < -0.3 is 10.2 Å². The zero-order valence-electron chi connectivity index (χ0n) is 11.2. The Kier molecular flexibility index (Phi) is 4.19. The minimum Gasteiger partial charge on any atom is -0.311 e. The van der Waals surface area contributed by atoms with Crippen LogP contribution >= 0.6 is 0 Å². The molecule has 0 spiro atoms. The van der Waals surface area contributed by atoms with E-state index in [0.29, 0.717) is 12.1 Å². The standard InChI is InChI=1S/C15H24N2/c1-12(2)15-11-17(3)14(10-16-15)9-13-7-5-4-6-8-13/h4-8,12,14-16H,9-11H2,1-3H3/t14-,15+/m0/s1. The zero-order valence-corrected chi connectivity index (χ0v) is 11.2. The summed E-state index contributed by atoms with van der Waals surface area (Å²) in [5.41, 5.74) is 1.44. The third-order valence-corrected chi connectivity index (χ3v) is 3.84. The van der Waals surface area contributed by atoms with Crippen LogP contribution in [-0.2, 0) is 6.42 Å². The summed E-state index contributed by atoms with van der Waals surface area (Å²) >= 11 is 0. The van der Waals surface area contributed by atoms with Crippen LogP contribution in [0.3, 0.4) is 0 Å². The van der Waals surface area contributed by atoms with E-state index >= 15 is 0 Å². The lowest BCUT2D eigenvalue weighted by atomic mass is 9.97. The Morgan fingerprint density at radius 2 is 2.00 bits per heavy atom. The van der Waals surface area contributed by atoms with Gasteiger partial charge in [0.25, 0.3) is 0 Å². The molecule has 1 saturated heterocycles. The molecular formula is C15H24N2. The Balaban J connectivity index is 1.92. The van der Waals surface area contributed by atoms with Crippen molar-refractivity contribution < 1.29 is 0 Å². The lowest BCUT2D eigenvalue weighted by Crippen LogP contribution is -2.57. The van der Waals surface area contributed by atoms with Gasteiger partial charge >= 0.3 is 0 Å². The van der Waals surface area contributed by atoms with Gasteiger partial charge in [-0.05, 0) is 24.9 Å². The van der Waals surface area contributed by atoms with Gasteiger partial charge in [0.1, 0.15) is 0 Å². The minimum atomic E-state index is 0.632. The van der Waals surface area contributed by atoms with Crippen LogP contribution in [-0.4, -0.2) is 37.1 Å². The first-order chi connectivity index (χ1) is 8.16. The van der Waals surface area contributed by atoms with Crippen molar-refractivity contribution in [2.24, 2.45) is 5.92 Å². The van der Waals surface area contributed by atoms with Crippen molar-refractivity contribution in [1.29, 1.82) is 0 Å². The highest BCUT2D eigenvalue weighted by molar-refractivity contribution is 5.16. The van der Waals surface area contributed by atoms with Crippen LogP contribution in [0.4, 0.5) is 0 Å². The minimum absolute atomic E-state index is 0.632. The van der Waals surface area contributed by atoms with E-state index in [1.807, 2.05) is 0 Å². The number of hydrogen-bond acceptors (Lipinski definition) is 2. The normalized spacial score (nSPS) is 26.4. The van der Waals surface area contributed by atoms with Crippen molar-refractivity contribution in [3.05, 3.63) is 35.9 Å². The highest BCUT2D eigenvalue weighted by Crippen LogP contribution is 2.14. The largest absolute Gasteiger partial charge is 0.311 e. The Bertz CT molecular complexity index is 334. The lowest BCUT2D eigenvalue weighted by molar-refractivity contribution is 0.142. The van der Waals surface area contributed by atoms with Crippen molar-refractivity contribution in [2.45, 2.75) is 32.4 Å². The lowest BCUT2D eigenvalue weighted by Gasteiger charge is -2.39. The number of likely N-dealkylation sites (N-methyl/N-ethyl adjacent to an activating group) is 1. The first kappa shape index (κ1) is 12.6. The Labute approximate surface area is 105 Å². The van der Waals surface area contributed by atoms with Gasteiger partial charge in [-0.3, -0.25) is 0 Å². The summed E-state index contributed by atoms with van der Waals surface area (Å²) in [6.45, 7) is 6.86. The van der Waals surface area contributed by atoms with E-state index < -0.39 is 0 Å². The second-order valence-corrected chi connectivity index (χ2v) is 5.54. The van der Waals surface area contributed by atoms with E-state index in [1.165, 1.54) is 5.56 Å². The van der Waals surface area contributed by atoms with Gasteiger partial charge in [0.2, 0.25) is 0 Å². The fraction of sp³-hybridized carbons (Fsp3) is 0.600. The van der Waals surface area contributed by atoms with Crippen LogP contribution in [0.2, 0.25) is 0 Å². The Morgan fingerprint density at radius 3 is 2.59 bits per heavy atom. The number of piperazine rings is 1. The SMILES string of the molecule is CC(C)[C@H]1CN(C)[C@@H](Cc2ccccc2)CN1.